The normalized spacial score (nSPS) is 12.1. The van der Waals surface area contributed by atoms with Crippen LogP contribution >= 0.6 is 0 Å². The van der Waals surface area contributed by atoms with Crippen LogP contribution in [0.2, 0.25) is 0 Å². The fourth-order valence-electron chi connectivity index (χ4n) is 1.91. The first-order valence-electron chi connectivity index (χ1n) is 7.98. The third kappa shape index (κ3) is 13.6. The lowest BCUT2D eigenvalue weighted by atomic mass is 10.1. The molecule has 0 aliphatic heterocycles. The lowest BCUT2D eigenvalue weighted by Gasteiger charge is -2.07. The topological polar surface area (TPSA) is 102 Å². The second kappa shape index (κ2) is 13.8. The second-order valence-corrected chi connectivity index (χ2v) is 5.33. The minimum Gasteiger partial charge on any atom is -0.480 e. The number of unbranched alkanes of at least 4 members (excludes halogenated alkanes) is 7. The van der Waals surface area contributed by atoms with Crippen molar-refractivity contribution in [2.45, 2.75) is 77.2 Å². The quantitative estimate of drug-likeness (QED) is 0.336. The standard InChI is InChI=1S/C15H30N2O4/c1-2-3-4-5-6-7-8-9-12-17-21-14(18)11-10-13(16)15(19)20/h13,17H,2-12,16H2,1H3,(H,19,20)/t13-/m0/s1. The van der Waals surface area contributed by atoms with E-state index in [0.717, 1.165) is 12.8 Å². The number of nitrogens with one attached hydrogen (secondary N) is 1. The number of hydrogen-bond donors (Lipinski definition) is 3. The smallest absolute Gasteiger partial charge is 0.324 e. The molecule has 0 aromatic carbocycles. The van der Waals surface area contributed by atoms with Gasteiger partial charge in [-0.05, 0) is 12.8 Å². The molecule has 0 unspecified atom stereocenters. The van der Waals surface area contributed by atoms with Gasteiger partial charge in [-0.3, -0.25) is 9.59 Å². The number of rotatable bonds is 14. The van der Waals surface area contributed by atoms with Crippen LogP contribution in [0.4, 0.5) is 0 Å². The number of carbonyl (C=O) groups excluding carboxylic acids is 1. The molecule has 1 atom stereocenters. The van der Waals surface area contributed by atoms with Crippen LogP contribution in [0, 0.1) is 0 Å². The van der Waals surface area contributed by atoms with Crippen molar-refractivity contribution in [3.05, 3.63) is 0 Å². The molecule has 0 aliphatic carbocycles. The molecule has 0 fully saturated rings. The number of hydroxylamine groups is 1. The summed E-state index contributed by atoms with van der Waals surface area (Å²) in [7, 11) is 0. The first-order chi connectivity index (χ1) is 10.1. The van der Waals surface area contributed by atoms with Crippen LogP contribution in [0.5, 0.6) is 0 Å². The average Bonchev–Trinajstić information content (AvgIpc) is 2.46. The molecule has 0 rings (SSSR count). The van der Waals surface area contributed by atoms with Crippen molar-refractivity contribution in [1.29, 1.82) is 0 Å². The van der Waals surface area contributed by atoms with Gasteiger partial charge in [0.05, 0.1) is 0 Å². The molecular formula is C15H30N2O4. The van der Waals surface area contributed by atoms with Crippen LogP contribution < -0.4 is 11.2 Å². The third-order valence-electron chi connectivity index (χ3n) is 3.30. The van der Waals surface area contributed by atoms with Gasteiger partial charge in [-0.15, -0.1) is 0 Å². The van der Waals surface area contributed by atoms with Crippen LogP contribution in [0.1, 0.15) is 71.1 Å². The molecular weight excluding hydrogens is 272 g/mol. The zero-order valence-corrected chi connectivity index (χ0v) is 13.1. The first-order valence-corrected chi connectivity index (χ1v) is 7.98. The summed E-state index contributed by atoms with van der Waals surface area (Å²) in [5, 5.41) is 8.57. The largest absolute Gasteiger partial charge is 0.480 e. The molecule has 124 valence electrons. The molecule has 0 bridgehead atoms. The van der Waals surface area contributed by atoms with E-state index in [9.17, 15) is 9.59 Å². The predicted molar refractivity (Wildman–Crippen MR) is 81.5 cm³/mol. The highest BCUT2D eigenvalue weighted by atomic mass is 16.7. The Morgan fingerprint density at radius 2 is 1.67 bits per heavy atom. The molecule has 0 aromatic rings. The molecule has 0 radical (unpaired) electrons. The van der Waals surface area contributed by atoms with E-state index in [2.05, 4.69) is 12.4 Å². The van der Waals surface area contributed by atoms with Crippen molar-refractivity contribution in [3.8, 4) is 0 Å². The highest BCUT2D eigenvalue weighted by molar-refractivity contribution is 5.75. The van der Waals surface area contributed by atoms with Gasteiger partial charge >= 0.3 is 11.9 Å². The zero-order chi connectivity index (χ0) is 15.9. The fourth-order valence-corrected chi connectivity index (χ4v) is 1.91. The molecule has 0 aromatic heterocycles. The minimum absolute atomic E-state index is 0.0118. The number of aliphatic carboxylic acids is 1. The molecule has 0 saturated heterocycles. The van der Waals surface area contributed by atoms with E-state index in [1.165, 1.54) is 38.5 Å². The Morgan fingerprint density at radius 1 is 1.10 bits per heavy atom. The van der Waals surface area contributed by atoms with Crippen LogP contribution in [-0.2, 0) is 14.4 Å². The van der Waals surface area contributed by atoms with E-state index >= 15 is 0 Å². The van der Waals surface area contributed by atoms with Crippen molar-refractivity contribution < 1.29 is 19.5 Å². The van der Waals surface area contributed by atoms with E-state index in [4.69, 9.17) is 15.7 Å². The third-order valence-corrected chi connectivity index (χ3v) is 3.30. The molecule has 6 nitrogen and oxygen atoms in total. The van der Waals surface area contributed by atoms with Crippen LogP contribution in [0.15, 0.2) is 0 Å². The van der Waals surface area contributed by atoms with Crippen molar-refractivity contribution in [2.24, 2.45) is 5.73 Å². The van der Waals surface area contributed by atoms with E-state index in [1.54, 1.807) is 0 Å². The highest BCUT2D eigenvalue weighted by Gasteiger charge is 2.14. The summed E-state index contributed by atoms with van der Waals surface area (Å²) in [6, 6.07) is -1.01. The Bertz CT molecular complexity index is 285. The Morgan fingerprint density at radius 3 is 2.24 bits per heavy atom. The molecule has 0 amide bonds. The summed E-state index contributed by atoms with van der Waals surface area (Å²) in [6.45, 7) is 2.84. The molecule has 0 saturated carbocycles. The lowest BCUT2D eigenvalue weighted by molar-refractivity contribution is -0.151. The number of carbonyl (C=O) groups is 2. The minimum atomic E-state index is -1.10. The highest BCUT2D eigenvalue weighted by Crippen LogP contribution is 2.07. The van der Waals surface area contributed by atoms with Crippen molar-refractivity contribution in [3.63, 3.8) is 0 Å². The first kappa shape index (κ1) is 19.9. The molecule has 6 heteroatoms. The molecule has 0 heterocycles. The summed E-state index contributed by atoms with van der Waals surface area (Å²) in [5.41, 5.74) is 7.90. The fraction of sp³-hybridized carbons (Fsp3) is 0.867. The Balaban J connectivity index is 3.27. The van der Waals surface area contributed by atoms with E-state index in [0.29, 0.717) is 6.54 Å². The summed E-state index contributed by atoms with van der Waals surface area (Å²) in [4.78, 5) is 26.5. The number of carboxylic acids is 1. The van der Waals surface area contributed by atoms with Gasteiger partial charge in [-0.1, -0.05) is 51.9 Å². The predicted octanol–water partition coefficient (Wildman–Crippen LogP) is 2.37. The van der Waals surface area contributed by atoms with Gasteiger partial charge in [0, 0.05) is 13.0 Å². The average molecular weight is 302 g/mol. The van der Waals surface area contributed by atoms with Crippen molar-refractivity contribution in [1.82, 2.24) is 5.48 Å². The maximum absolute atomic E-state index is 11.3. The number of carboxylic acid groups (broad SMARTS) is 1. The van der Waals surface area contributed by atoms with E-state index < -0.39 is 18.0 Å². The summed E-state index contributed by atoms with van der Waals surface area (Å²) >= 11 is 0. The summed E-state index contributed by atoms with van der Waals surface area (Å²) in [5.74, 6) is -1.57. The van der Waals surface area contributed by atoms with E-state index in [-0.39, 0.29) is 12.8 Å². The monoisotopic (exact) mass is 302 g/mol. The lowest BCUT2D eigenvalue weighted by Crippen LogP contribution is -2.31. The maximum Gasteiger partial charge on any atom is 0.324 e. The van der Waals surface area contributed by atoms with Gasteiger partial charge in [0.15, 0.2) is 0 Å². The Labute approximate surface area is 127 Å². The van der Waals surface area contributed by atoms with Gasteiger partial charge in [-0.2, -0.15) is 5.48 Å². The maximum atomic E-state index is 11.3. The molecule has 0 spiro atoms. The van der Waals surface area contributed by atoms with Crippen molar-refractivity contribution in [2.75, 3.05) is 6.54 Å². The Hall–Kier alpha value is -1.14. The Kier molecular flexibility index (Phi) is 13.1. The van der Waals surface area contributed by atoms with Gasteiger partial charge in [0.25, 0.3) is 0 Å². The van der Waals surface area contributed by atoms with Crippen molar-refractivity contribution >= 4 is 11.9 Å². The van der Waals surface area contributed by atoms with Crippen LogP contribution in [0.25, 0.3) is 0 Å². The van der Waals surface area contributed by atoms with E-state index in [1.807, 2.05) is 0 Å². The van der Waals surface area contributed by atoms with Crippen LogP contribution in [-0.4, -0.2) is 29.6 Å². The summed E-state index contributed by atoms with van der Waals surface area (Å²) < 4.78 is 0. The summed E-state index contributed by atoms with van der Waals surface area (Å²) in [6.07, 6.45) is 9.90. The number of nitrogens with two attached hydrogens (primary N) is 1. The number of hydrogen-bond acceptors (Lipinski definition) is 5. The SMILES string of the molecule is CCCCCCCCCCNOC(=O)CC[C@H](N)C(=O)O. The molecule has 4 N–H and O–H groups in total. The zero-order valence-electron chi connectivity index (χ0n) is 13.1. The second-order valence-electron chi connectivity index (χ2n) is 5.33. The van der Waals surface area contributed by atoms with Gasteiger partial charge in [0.2, 0.25) is 0 Å². The van der Waals surface area contributed by atoms with Gasteiger partial charge in [-0.25, -0.2) is 0 Å². The van der Waals surface area contributed by atoms with Crippen LogP contribution in [0.3, 0.4) is 0 Å². The van der Waals surface area contributed by atoms with Gasteiger partial charge < -0.3 is 15.7 Å². The molecule has 0 aliphatic rings. The van der Waals surface area contributed by atoms with Gasteiger partial charge in [0.1, 0.15) is 6.04 Å². The molecule has 21 heavy (non-hydrogen) atoms.